The molecular weight excluding hydrogens is 318 g/mol. The van der Waals surface area contributed by atoms with Gasteiger partial charge in [0.2, 0.25) is 5.91 Å². The number of rotatable bonds is 7. The van der Waals surface area contributed by atoms with Gasteiger partial charge in [-0.25, -0.2) is 0 Å². The van der Waals surface area contributed by atoms with Crippen LogP contribution >= 0.6 is 11.8 Å². The highest BCUT2D eigenvalue weighted by Crippen LogP contribution is 2.32. The third kappa shape index (κ3) is 4.86. The smallest absolute Gasteiger partial charge is 0.230 e. The summed E-state index contributed by atoms with van der Waals surface area (Å²) in [6, 6.07) is 20.3. The van der Waals surface area contributed by atoms with E-state index in [1.54, 1.807) is 11.8 Å². The lowest BCUT2D eigenvalue weighted by atomic mass is 9.75. The van der Waals surface area contributed by atoms with Crippen LogP contribution in [0.25, 0.3) is 0 Å². The third-order valence-corrected chi connectivity index (χ3v) is 5.49. The fraction of sp³-hybridized carbons (Fsp3) is 0.350. The molecule has 0 bridgehead atoms. The summed E-state index contributed by atoms with van der Waals surface area (Å²) in [6.07, 6.45) is 2.18. The molecule has 1 atom stereocenters. The van der Waals surface area contributed by atoms with E-state index in [1.165, 1.54) is 5.56 Å². The summed E-state index contributed by atoms with van der Waals surface area (Å²) < 4.78 is 0. The van der Waals surface area contributed by atoms with Crippen LogP contribution in [0.3, 0.4) is 0 Å². The van der Waals surface area contributed by atoms with Gasteiger partial charge < -0.3 is 10.4 Å². The number of amides is 1. The number of aliphatic hydroxyl groups is 1. The molecule has 0 unspecified atom stereocenters. The van der Waals surface area contributed by atoms with Crippen molar-refractivity contribution in [1.29, 1.82) is 0 Å². The minimum Gasteiger partial charge on any atom is -0.393 e. The van der Waals surface area contributed by atoms with Gasteiger partial charge in [-0.3, -0.25) is 4.79 Å². The van der Waals surface area contributed by atoms with Gasteiger partial charge in [0.25, 0.3) is 0 Å². The van der Waals surface area contributed by atoms with Gasteiger partial charge in [0.15, 0.2) is 0 Å². The fourth-order valence-corrected chi connectivity index (χ4v) is 3.81. The zero-order valence-electron chi connectivity index (χ0n) is 13.6. The maximum absolute atomic E-state index is 12.3. The summed E-state index contributed by atoms with van der Waals surface area (Å²) in [6.45, 7) is 0. The Hall–Kier alpha value is -1.78. The van der Waals surface area contributed by atoms with Crippen LogP contribution < -0.4 is 5.32 Å². The van der Waals surface area contributed by atoms with Gasteiger partial charge in [-0.1, -0.05) is 48.5 Å². The van der Waals surface area contributed by atoms with Gasteiger partial charge in [0.05, 0.1) is 11.9 Å². The van der Waals surface area contributed by atoms with E-state index in [2.05, 4.69) is 17.4 Å². The maximum atomic E-state index is 12.3. The molecule has 1 aliphatic rings. The number of thioether (sulfide) groups is 1. The van der Waals surface area contributed by atoms with Crippen LogP contribution in [0.2, 0.25) is 0 Å². The van der Waals surface area contributed by atoms with Gasteiger partial charge in [0, 0.05) is 10.9 Å². The zero-order chi connectivity index (χ0) is 16.8. The van der Waals surface area contributed by atoms with Crippen LogP contribution in [0.4, 0.5) is 0 Å². The summed E-state index contributed by atoms with van der Waals surface area (Å²) in [4.78, 5) is 13.5. The normalized spacial score (nSPS) is 20.9. The van der Waals surface area contributed by atoms with Crippen molar-refractivity contribution in [2.45, 2.75) is 36.3 Å². The number of carbonyl (C=O) groups is 1. The van der Waals surface area contributed by atoms with Crippen LogP contribution in [0.15, 0.2) is 65.6 Å². The van der Waals surface area contributed by atoms with Gasteiger partial charge in [-0.15, -0.1) is 11.8 Å². The van der Waals surface area contributed by atoms with Crippen molar-refractivity contribution in [3.05, 3.63) is 66.2 Å². The Kier molecular flexibility index (Phi) is 5.94. The quantitative estimate of drug-likeness (QED) is 0.760. The van der Waals surface area contributed by atoms with Gasteiger partial charge in [-0.05, 0) is 42.9 Å². The van der Waals surface area contributed by atoms with E-state index >= 15 is 0 Å². The fourth-order valence-electron chi connectivity index (χ4n) is 3.08. The molecule has 3 nitrogen and oxygen atoms in total. The first-order valence-electron chi connectivity index (χ1n) is 8.40. The Morgan fingerprint density at radius 2 is 1.71 bits per heavy atom. The third-order valence-electron chi connectivity index (χ3n) is 4.48. The van der Waals surface area contributed by atoms with Crippen molar-refractivity contribution in [2.75, 3.05) is 5.75 Å². The van der Waals surface area contributed by atoms with Crippen molar-refractivity contribution >= 4 is 17.7 Å². The molecule has 0 aromatic heterocycles. The molecule has 0 aliphatic heterocycles. The first-order chi connectivity index (χ1) is 11.7. The van der Waals surface area contributed by atoms with E-state index < -0.39 is 0 Å². The molecule has 2 N–H and O–H groups in total. The Morgan fingerprint density at radius 1 is 1.08 bits per heavy atom. The number of benzene rings is 2. The number of carbonyl (C=O) groups excluding carboxylic acids is 1. The Morgan fingerprint density at radius 3 is 2.33 bits per heavy atom. The standard InChI is InChI=1S/C20H23NO2S/c22-17-12-16(13-17)19(11-15-7-3-1-4-8-15)21-20(23)14-24-18-9-5-2-6-10-18/h1-10,16-17,19,22H,11-14H2,(H,21,23)/t16?,17?,19-/m0/s1. The first kappa shape index (κ1) is 17.1. The summed E-state index contributed by atoms with van der Waals surface area (Å²) in [5, 5.41) is 12.8. The lowest BCUT2D eigenvalue weighted by Crippen LogP contribution is -2.48. The monoisotopic (exact) mass is 341 g/mol. The molecular formula is C20H23NO2S. The molecule has 0 heterocycles. The Labute approximate surface area is 147 Å². The lowest BCUT2D eigenvalue weighted by molar-refractivity contribution is -0.120. The van der Waals surface area contributed by atoms with E-state index in [0.29, 0.717) is 11.7 Å². The molecule has 0 spiro atoms. The zero-order valence-corrected chi connectivity index (χ0v) is 14.4. The molecule has 126 valence electrons. The van der Waals surface area contributed by atoms with Crippen LogP contribution in [-0.2, 0) is 11.2 Å². The highest BCUT2D eigenvalue weighted by atomic mass is 32.2. The predicted octanol–water partition coefficient (Wildman–Crippen LogP) is 3.28. The molecule has 3 rings (SSSR count). The second-order valence-electron chi connectivity index (χ2n) is 6.35. The average molecular weight is 341 g/mol. The van der Waals surface area contributed by atoms with E-state index in [0.717, 1.165) is 24.2 Å². The van der Waals surface area contributed by atoms with Crippen molar-refractivity contribution in [1.82, 2.24) is 5.32 Å². The van der Waals surface area contributed by atoms with Gasteiger partial charge in [0.1, 0.15) is 0 Å². The Balaban J connectivity index is 1.55. The van der Waals surface area contributed by atoms with E-state index in [1.807, 2.05) is 48.5 Å². The van der Waals surface area contributed by atoms with E-state index in [-0.39, 0.29) is 18.1 Å². The molecule has 4 heteroatoms. The average Bonchev–Trinajstić information content (AvgIpc) is 2.58. The molecule has 1 saturated carbocycles. The highest BCUT2D eigenvalue weighted by molar-refractivity contribution is 8.00. The minimum atomic E-state index is -0.205. The second kappa shape index (κ2) is 8.36. The molecule has 2 aromatic carbocycles. The lowest BCUT2D eigenvalue weighted by Gasteiger charge is -2.38. The first-order valence-corrected chi connectivity index (χ1v) is 9.38. The van der Waals surface area contributed by atoms with Crippen LogP contribution in [-0.4, -0.2) is 28.9 Å². The number of nitrogens with one attached hydrogen (secondary N) is 1. The summed E-state index contributed by atoms with van der Waals surface area (Å²) in [5.74, 6) is 0.849. The van der Waals surface area contributed by atoms with Crippen molar-refractivity contribution in [2.24, 2.45) is 5.92 Å². The van der Waals surface area contributed by atoms with Crippen LogP contribution in [0.5, 0.6) is 0 Å². The maximum Gasteiger partial charge on any atom is 0.230 e. The Bertz CT molecular complexity index is 641. The van der Waals surface area contributed by atoms with Gasteiger partial charge >= 0.3 is 0 Å². The summed E-state index contributed by atoms with van der Waals surface area (Å²) >= 11 is 1.55. The van der Waals surface area contributed by atoms with Crippen molar-refractivity contribution < 1.29 is 9.90 Å². The second-order valence-corrected chi connectivity index (χ2v) is 7.40. The predicted molar refractivity (Wildman–Crippen MR) is 98.0 cm³/mol. The molecule has 2 aromatic rings. The molecule has 1 aliphatic carbocycles. The molecule has 0 saturated heterocycles. The number of aliphatic hydroxyl groups excluding tert-OH is 1. The summed E-state index contributed by atoms with van der Waals surface area (Å²) in [7, 11) is 0. The SMILES string of the molecule is O=C(CSc1ccccc1)N[C@@H](Cc1ccccc1)C1CC(O)C1. The molecule has 0 radical (unpaired) electrons. The number of hydrogen-bond acceptors (Lipinski definition) is 3. The molecule has 24 heavy (non-hydrogen) atoms. The van der Waals surface area contributed by atoms with E-state index in [4.69, 9.17) is 0 Å². The number of hydrogen-bond donors (Lipinski definition) is 2. The van der Waals surface area contributed by atoms with Crippen LogP contribution in [0.1, 0.15) is 18.4 Å². The topological polar surface area (TPSA) is 49.3 Å². The summed E-state index contributed by atoms with van der Waals surface area (Å²) in [5.41, 5.74) is 1.22. The van der Waals surface area contributed by atoms with E-state index in [9.17, 15) is 9.90 Å². The largest absolute Gasteiger partial charge is 0.393 e. The van der Waals surface area contributed by atoms with Crippen LogP contribution in [0, 0.1) is 5.92 Å². The molecule has 1 fully saturated rings. The highest BCUT2D eigenvalue weighted by Gasteiger charge is 2.34. The molecule has 1 amide bonds. The van der Waals surface area contributed by atoms with Crippen molar-refractivity contribution in [3.63, 3.8) is 0 Å². The minimum absolute atomic E-state index is 0.0613. The van der Waals surface area contributed by atoms with Crippen molar-refractivity contribution in [3.8, 4) is 0 Å². The van der Waals surface area contributed by atoms with Gasteiger partial charge in [-0.2, -0.15) is 0 Å².